The van der Waals surface area contributed by atoms with Crippen molar-refractivity contribution in [2.75, 3.05) is 0 Å². The topological polar surface area (TPSA) is 102 Å². The predicted molar refractivity (Wildman–Crippen MR) is 80.8 cm³/mol. The number of thioether (sulfide) groups is 1. The van der Waals surface area contributed by atoms with E-state index < -0.39 is 18.0 Å². The third-order valence-electron chi connectivity index (χ3n) is 5.11. The molecule has 0 aliphatic carbocycles. The Morgan fingerprint density at radius 1 is 1.58 bits per heavy atom. The van der Waals surface area contributed by atoms with E-state index in [1.807, 2.05) is 16.3 Å². The van der Waals surface area contributed by atoms with Crippen LogP contribution >= 0.6 is 11.8 Å². The lowest BCUT2D eigenvalue weighted by Gasteiger charge is -2.47. The van der Waals surface area contributed by atoms with Gasteiger partial charge in [0.05, 0.1) is 41.5 Å². The van der Waals surface area contributed by atoms with Gasteiger partial charge < -0.3 is 19.9 Å². The molecule has 128 valence electrons. The number of hydrogen-bond acceptors (Lipinski definition) is 6. The first kappa shape index (κ1) is 15.6. The van der Waals surface area contributed by atoms with Crippen LogP contribution in [0.4, 0.5) is 0 Å². The fourth-order valence-corrected chi connectivity index (χ4v) is 5.48. The van der Waals surface area contributed by atoms with Gasteiger partial charge >= 0.3 is 6.33 Å². The van der Waals surface area contributed by atoms with Crippen molar-refractivity contribution in [3.8, 4) is 0 Å². The monoisotopic (exact) mass is 350 g/mol. The molecule has 1 aromatic heterocycles. The third kappa shape index (κ3) is 2.04. The highest BCUT2D eigenvalue weighted by atomic mass is 32.2. The molecular weight excluding hydrogens is 332 g/mol. The summed E-state index contributed by atoms with van der Waals surface area (Å²) in [5.41, 5.74) is -0.0147. The van der Waals surface area contributed by atoms with E-state index in [-0.39, 0.29) is 28.8 Å². The molecule has 1 N–H and O–H groups in total. The summed E-state index contributed by atoms with van der Waals surface area (Å²) in [5, 5.41) is 21.7. The number of aliphatic carboxylic acids is 1. The van der Waals surface area contributed by atoms with Crippen LogP contribution in [0.5, 0.6) is 0 Å². The van der Waals surface area contributed by atoms with Crippen LogP contribution in [0.2, 0.25) is 0 Å². The number of hydrogen-bond donors (Lipinski definition) is 1. The molecule has 9 heteroatoms. The van der Waals surface area contributed by atoms with Gasteiger partial charge in [-0.25, -0.2) is 0 Å². The van der Waals surface area contributed by atoms with Crippen LogP contribution in [0.3, 0.4) is 0 Å². The number of nitrogens with zero attached hydrogens (tertiary/aromatic N) is 4. The maximum absolute atomic E-state index is 12.3. The number of carboxylic acid groups (broad SMARTS) is 1. The fourth-order valence-electron chi connectivity index (χ4n) is 4.02. The van der Waals surface area contributed by atoms with E-state index in [1.165, 1.54) is 16.7 Å². The minimum absolute atomic E-state index is 0.0147. The highest BCUT2D eigenvalue weighted by Gasteiger charge is 2.59. The summed E-state index contributed by atoms with van der Waals surface area (Å²) < 4.78 is 3.96. The van der Waals surface area contributed by atoms with Crippen LogP contribution in [0.1, 0.15) is 13.8 Å². The fraction of sp³-hybridized carbons (Fsp3) is 0.600. The van der Waals surface area contributed by atoms with Crippen LogP contribution < -0.4 is 9.79 Å². The largest absolute Gasteiger partial charge is 0.543 e. The van der Waals surface area contributed by atoms with E-state index in [0.29, 0.717) is 4.91 Å². The van der Waals surface area contributed by atoms with Gasteiger partial charge in [-0.2, -0.15) is 9.36 Å². The number of fused-ring (bicyclic) bond motifs is 2. The lowest BCUT2D eigenvalue weighted by molar-refractivity contribution is -0.758. The number of β-lactam (4-membered cyclic amide) rings is 1. The van der Waals surface area contributed by atoms with Gasteiger partial charge in [0, 0.05) is 10.8 Å². The second-order valence-corrected chi connectivity index (χ2v) is 7.96. The number of aliphatic hydroxyl groups is 1. The molecular formula is C15H18N4O4S. The smallest absolute Gasteiger partial charge is 0.306 e. The van der Waals surface area contributed by atoms with Gasteiger partial charge in [-0.05, 0) is 11.9 Å². The standard InChI is InChI=1S/C15H18N4O4S/c1-7-11-10(8(2)20)14(21)19(11)12(15(22)23)13(7)24-9-3-17-5-16-6-18(17)4-9/h5-11,20H,3-4H2,1-2H3/t7?,8?,10-,11-/m1/s1. The first-order chi connectivity index (χ1) is 11.4. The van der Waals surface area contributed by atoms with Crippen LogP contribution in [0, 0.1) is 11.8 Å². The third-order valence-corrected chi connectivity index (χ3v) is 6.56. The Bertz CT molecular complexity index is 738. The molecule has 2 unspecified atom stereocenters. The molecule has 0 bridgehead atoms. The van der Waals surface area contributed by atoms with E-state index >= 15 is 0 Å². The van der Waals surface area contributed by atoms with Gasteiger partial charge in [0.15, 0.2) is 0 Å². The zero-order valence-corrected chi connectivity index (χ0v) is 14.1. The second-order valence-electron chi connectivity index (χ2n) is 6.62. The molecule has 0 saturated carbocycles. The Balaban J connectivity index is 1.61. The van der Waals surface area contributed by atoms with Crippen LogP contribution in [0.25, 0.3) is 0 Å². The number of carbonyl (C=O) groups excluding carboxylic acids is 2. The van der Waals surface area contributed by atoms with Gasteiger partial charge in [-0.15, -0.1) is 11.8 Å². The molecule has 4 atom stereocenters. The van der Waals surface area contributed by atoms with Crippen LogP contribution in [-0.2, 0) is 22.7 Å². The Morgan fingerprint density at radius 3 is 2.96 bits per heavy atom. The van der Waals surface area contributed by atoms with Crippen molar-refractivity contribution < 1.29 is 24.5 Å². The minimum Gasteiger partial charge on any atom is -0.543 e. The van der Waals surface area contributed by atoms with E-state index in [0.717, 1.165) is 13.1 Å². The number of carboxylic acids is 1. The molecule has 0 spiro atoms. The Labute approximate surface area is 142 Å². The predicted octanol–water partition coefficient (Wildman–Crippen LogP) is -1.89. The van der Waals surface area contributed by atoms with Gasteiger partial charge in [-0.1, -0.05) is 6.92 Å². The van der Waals surface area contributed by atoms with Crippen molar-refractivity contribution >= 4 is 23.6 Å². The highest BCUT2D eigenvalue weighted by Crippen LogP contribution is 2.51. The zero-order valence-electron chi connectivity index (χ0n) is 13.3. The molecule has 4 heterocycles. The molecule has 1 aromatic rings. The summed E-state index contributed by atoms with van der Waals surface area (Å²) >= 11 is 1.50. The Kier molecular flexibility index (Phi) is 3.47. The van der Waals surface area contributed by atoms with Crippen LogP contribution in [0.15, 0.2) is 23.3 Å². The minimum atomic E-state index is -1.32. The average Bonchev–Trinajstić information content (AvgIpc) is 3.12. The maximum atomic E-state index is 12.3. The molecule has 1 amide bonds. The molecule has 4 rings (SSSR count). The van der Waals surface area contributed by atoms with Crippen molar-refractivity contribution in [3.63, 3.8) is 0 Å². The van der Waals surface area contributed by atoms with Gasteiger partial charge in [0.25, 0.3) is 0 Å². The SMILES string of the molecule is CC(O)[C@H]1C(=O)N2C(C(=O)[O-])=C(SC3Cn4cnc[n+]4C3)C(C)[C@H]12. The van der Waals surface area contributed by atoms with Crippen molar-refractivity contribution in [2.45, 2.75) is 44.3 Å². The van der Waals surface area contributed by atoms with E-state index in [2.05, 4.69) is 4.98 Å². The Hall–Kier alpha value is -1.87. The zero-order chi connectivity index (χ0) is 17.2. The summed E-state index contributed by atoms with van der Waals surface area (Å²) in [6.07, 6.45) is 2.70. The summed E-state index contributed by atoms with van der Waals surface area (Å²) in [5.74, 6) is -2.31. The highest BCUT2D eigenvalue weighted by molar-refractivity contribution is 8.03. The van der Waals surface area contributed by atoms with Gasteiger partial charge in [-0.3, -0.25) is 4.79 Å². The van der Waals surface area contributed by atoms with E-state index in [4.69, 9.17) is 0 Å². The summed E-state index contributed by atoms with van der Waals surface area (Å²) in [4.78, 5) is 30.0. The normalized spacial score (nSPS) is 32.6. The average molecular weight is 350 g/mol. The molecule has 0 aromatic carbocycles. The van der Waals surface area contributed by atoms with E-state index in [9.17, 15) is 19.8 Å². The maximum Gasteiger partial charge on any atom is 0.306 e. The molecule has 1 saturated heterocycles. The van der Waals surface area contributed by atoms with Crippen molar-refractivity contribution in [2.24, 2.45) is 11.8 Å². The van der Waals surface area contributed by atoms with Crippen molar-refractivity contribution in [1.29, 1.82) is 0 Å². The van der Waals surface area contributed by atoms with E-state index in [1.54, 1.807) is 19.6 Å². The lowest BCUT2D eigenvalue weighted by Crippen LogP contribution is -2.64. The number of amides is 1. The summed E-state index contributed by atoms with van der Waals surface area (Å²) in [7, 11) is 0. The van der Waals surface area contributed by atoms with Gasteiger partial charge in [0.2, 0.25) is 12.2 Å². The summed E-state index contributed by atoms with van der Waals surface area (Å²) in [6.45, 7) is 4.96. The molecule has 0 radical (unpaired) electrons. The first-order valence-electron chi connectivity index (χ1n) is 7.93. The van der Waals surface area contributed by atoms with Gasteiger partial charge in [0.1, 0.15) is 6.54 Å². The van der Waals surface area contributed by atoms with Crippen LogP contribution in [-0.4, -0.2) is 48.9 Å². The number of aromatic nitrogens is 3. The molecule has 8 nitrogen and oxygen atoms in total. The Morgan fingerprint density at radius 2 is 2.33 bits per heavy atom. The number of aliphatic hydroxyl groups excluding tert-OH is 1. The number of rotatable bonds is 4. The van der Waals surface area contributed by atoms with Crippen molar-refractivity contribution in [1.82, 2.24) is 14.6 Å². The quantitative estimate of drug-likeness (QED) is 0.503. The lowest BCUT2D eigenvalue weighted by atomic mass is 9.79. The van der Waals surface area contributed by atoms with Crippen molar-refractivity contribution in [3.05, 3.63) is 23.3 Å². The number of carbonyl (C=O) groups is 2. The molecule has 1 fully saturated rings. The summed E-state index contributed by atoms with van der Waals surface area (Å²) in [6, 6.07) is -0.289. The first-order valence-corrected chi connectivity index (χ1v) is 8.81. The second kappa shape index (κ2) is 5.32. The molecule has 3 aliphatic heterocycles. The molecule has 3 aliphatic rings. The molecule has 24 heavy (non-hydrogen) atoms.